The van der Waals surface area contributed by atoms with E-state index >= 15 is 0 Å². The van der Waals surface area contributed by atoms with E-state index in [1.165, 1.54) is 18.2 Å². The fraction of sp³-hybridized carbons (Fsp3) is 0.0588. The van der Waals surface area contributed by atoms with Crippen molar-refractivity contribution in [1.29, 1.82) is 0 Å². The van der Waals surface area contributed by atoms with Crippen molar-refractivity contribution in [3.63, 3.8) is 0 Å². The van der Waals surface area contributed by atoms with Gasteiger partial charge in [0.05, 0.1) is 5.69 Å². The molecule has 0 aliphatic rings. The first-order valence-corrected chi connectivity index (χ1v) is 7.34. The summed E-state index contributed by atoms with van der Waals surface area (Å²) < 4.78 is 29.1. The second kappa shape index (κ2) is 8.73. The lowest BCUT2D eigenvalue weighted by Gasteiger charge is -2.13. The first-order valence-electron chi connectivity index (χ1n) is 6.93. The third kappa shape index (κ3) is 5.77. The normalized spacial score (nSPS) is 10.6. The molecule has 124 valence electrons. The highest BCUT2D eigenvalue weighted by atomic mass is 32.1. The summed E-state index contributed by atoms with van der Waals surface area (Å²) in [5, 5.41) is 5.06. The number of halogens is 2. The van der Waals surface area contributed by atoms with Gasteiger partial charge in [-0.3, -0.25) is 10.1 Å². The monoisotopic (exact) mass is 348 g/mol. The average Bonchev–Trinajstić information content (AvgIpc) is 2.55. The van der Waals surface area contributed by atoms with Gasteiger partial charge in [-0.05, 0) is 36.0 Å². The van der Waals surface area contributed by atoms with Crippen LogP contribution in [0, 0.1) is 0 Å². The first kappa shape index (κ1) is 17.6. The summed E-state index contributed by atoms with van der Waals surface area (Å²) in [5.74, 6) is -0.507. The minimum Gasteiger partial charge on any atom is -0.433 e. The fourth-order valence-electron chi connectivity index (χ4n) is 1.81. The van der Waals surface area contributed by atoms with Gasteiger partial charge in [-0.25, -0.2) is 0 Å². The number of carbonyl (C=O) groups excluding carboxylic acids is 1. The van der Waals surface area contributed by atoms with Gasteiger partial charge in [-0.2, -0.15) is 8.78 Å². The van der Waals surface area contributed by atoms with Crippen LogP contribution in [0.1, 0.15) is 5.56 Å². The first-order chi connectivity index (χ1) is 11.5. The molecule has 0 aliphatic carbocycles. The molecule has 0 saturated heterocycles. The lowest BCUT2D eigenvalue weighted by Crippen LogP contribution is -2.33. The Morgan fingerprint density at radius 3 is 2.46 bits per heavy atom. The van der Waals surface area contributed by atoms with Gasteiger partial charge in [0.1, 0.15) is 5.75 Å². The van der Waals surface area contributed by atoms with E-state index in [2.05, 4.69) is 15.4 Å². The van der Waals surface area contributed by atoms with Crippen LogP contribution in [0.25, 0.3) is 6.08 Å². The van der Waals surface area contributed by atoms with Gasteiger partial charge in [0.15, 0.2) is 5.11 Å². The van der Waals surface area contributed by atoms with Crippen molar-refractivity contribution in [3.8, 4) is 5.75 Å². The topological polar surface area (TPSA) is 50.4 Å². The van der Waals surface area contributed by atoms with Crippen LogP contribution < -0.4 is 15.4 Å². The zero-order valence-electron chi connectivity index (χ0n) is 12.4. The molecule has 2 aromatic rings. The second-order valence-electron chi connectivity index (χ2n) is 4.56. The fourth-order valence-corrected chi connectivity index (χ4v) is 2.02. The summed E-state index contributed by atoms with van der Waals surface area (Å²) in [6.45, 7) is -2.95. The Bertz CT molecular complexity index is 736. The van der Waals surface area contributed by atoms with Crippen LogP contribution in [-0.4, -0.2) is 17.6 Å². The van der Waals surface area contributed by atoms with E-state index in [-0.39, 0.29) is 16.5 Å². The highest BCUT2D eigenvalue weighted by Crippen LogP contribution is 2.25. The molecule has 0 aliphatic heterocycles. The summed E-state index contributed by atoms with van der Waals surface area (Å²) in [5.41, 5.74) is 1.09. The Hall–Kier alpha value is -2.80. The van der Waals surface area contributed by atoms with E-state index in [0.717, 1.165) is 5.56 Å². The average molecular weight is 348 g/mol. The molecular weight excluding hydrogens is 334 g/mol. The van der Waals surface area contributed by atoms with Gasteiger partial charge >= 0.3 is 6.61 Å². The minimum atomic E-state index is -2.95. The molecule has 2 aromatic carbocycles. The smallest absolute Gasteiger partial charge is 0.387 e. The number of anilines is 1. The molecule has 0 unspecified atom stereocenters. The number of amides is 1. The molecule has 0 spiro atoms. The predicted molar refractivity (Wildman–Crippen MR) is 92.9 cm³/mol. The van der Waals surface area contributed by atoms with Crippen LogP contribution in [0.15, 0.2) is 60.7 Å². The molecule has 0 heterocycles. The van der Waals surface area contributed by atoms with Crippen LogP contribution >= 0.6 is 12.2 Å². The largest absolute Gasteiger partial charge is 0.433 e. The maximum Gasteiger partial charge on any atom is 0.387 e. The van der Waals surface area contributed by atoms with E-state index < -0.39 is 12.5 Å². The van der Waals surface area contributed by atoms with E-state index in [9.17, 15) is 13.6 Å². The van der Waals surface area contributed by atoms with Gasteiger partial charge in [-0.15, -0.1) is 0 Å². The number of hydrogen-bond acceptors (Lipinski definition) is 3. The number of benzene rings is 2. The van der Waals surface area contributed by atoms with Crippen LogP contribution in [0.4, 0.5) is 14.5 Å². The number of carbonyl (C=O) groups is 1. The molecule has 0 aromatic heterocycles. The van der Waals surface area contributed by atoms with Gasteiger partial charge in [0.2, 0.25) is 5.91 Å². The van der Waals surface area contributed by atoms with Crippen molar-refractivity contribution in [1.82, 2.24) is 5.32 Å². The summed E-state index contributed by atoms with van der Waals surface area (Å²) >= 11 is 5.00. The van der Waals surface area contributed by atoms with Crippen LogP contribution in [0.2, 0.25) is 0 Å². The third-order valence-corrected chi connectivity index (χ3v) is 3.02. The molecule has 2 rings (SSSR count). The molecule has 1 amide bonds. The van der Waals surface area contributed by atoms with Gasteiger partial charge < -0.3 is 10.1 Å². The van der Waals surface area contributed by atoms with Gasteiger partial charge in [-0.1, -0.05) is 42.5 Å². The standard InChI is InChI=1S/C17H14F2N2O2S/c18-16(19)23-14-9-5-4-8-13(14)20-17(24)21-15(22)11-10-12-6-2-1-3-7-12/h1-11,16H,(H2,20,21,22,24)/b11-10+. The molecule has 4 nitrogen and oxygen atoms in total. The number of ether oxygens (including phenoxy) is 1. The number of hydrogen-bond donors (Lipinski definition) is 2. The lowest BCUT2D eigenvalue weighted by molar-refractivity contribution is -0.115. The Morgan fingerprint density at radius 2 is 1.75 bits per heavy atom. The Morgan fingerprint density at radius 1 is 1.08 bits per heavy atom. The van der Waals surface area contributed by atoms with E-state index in [4.69, 9.17) is 12.2 Å². The van der Waals surface area contributed by atoms with Crippen molar-refractivity contribution < 1.29 is 18.3 Å². The SMILES string of the molecule is O=C(/C=C/c1ccccc1)NC(=S)Nc1ccccc1OC(F)F. The van der Waals surface area contributed by atoms with Crippen LogP contribution in [0.3, 0.4) is 0 Å². The summed E-state index contributed by atoms with van der Waals surface area (Å²) in [7, 11) is 0. The number of alkyl halides is 2. The number of rotatable bonds is 5. The van der Waals surface area contributed by atoms with Crippen molar-refractivity contribution >= 4 is 35.0 Å². The molecule has 7 heteroatoms. The number of thiocarbonyl (C=S) groups is 1. The molecule has 2 N–H and O–H groups in total. The molecule has 0 radical (unpaired) electrons. The van der Waals surface area contributed by atoms with Crippen molar-refractivity contribution in [2.45, 2.75) is 6.61 Å². The molecule has 0 saturated carbocycles. The molecule has 0 bridgehead atoms. The zero-order valence-corrected chi connectivity index (χ0v) is 13.2. The molecular formula is C17H14F2N2O2S. The highest BCUT2D eigenvalue weighted by Gasteiger charge is 2.10. The van der Waals surface area contributed by atoms with Crippen LogP contribution in [0.5, 0.6) is 5.75 Å². The van der Waals surface area contributed by atoms with Gasteiger partial charge in [0, 0.05) is 6.08 Å². The maximum atomic E-state index is 12.3. The maximum absolute atomic E-state index is 12.3. The molecule has 24 heavy (non-hydrogen) atoms. The van der Waals surface area contributed by atoms with Crippen molar-refractivity contribution in [2.24, 2.45) is 0 Å². The second-order valence-corrected chi connectivity index (χ2v) is 4.97. The molecule has 0 fully saturated rings. The molecule has 0 atom stereocenters. The predicted octanol–water partition coefficient (Wildman–Crippen LogP) is 3.81. The van der Waals surface area contributed by atoms with Crippen molar-refractivity contribution in [3.05, 3.63) is 66.2 Å². The van der Waals surface area contributed by atoms with Gasteiger partial charge in [0.25, 0.3) is 0 Å². The van der Waals surface area contributed by atoms with E-state index in [1.807, 2.05) is 30.3 Å². The highest BCUT2D eigenvalue weighted by molar-refractivity contribution is 7.80. The van der Waals surface area contributed by atoms with Crippen molar-refractivity contribution in [2.75, 3.05) is 5.32 Å². The lowest BCUT2D eigenvalue weighted by atomic mass is 10.2. The number of nitrogens with one attached hydrogen (secondary N) is 2. The zero-order chi connectivity index (χ0) is 17.4. The van der Waals surface area contributed by atoms with E-state index in [0.29, 0.717) is 0 Å². The number of para-hydroxylation sites is 2. The Balaban J connectivity index is 1.94. The van der Waals surface area contributed by atoms with Crippen LogP contribution in [-0.2, 0) is 4.79 Å². The Labute approximate surface area is 143 Å². The summed E-state index contributed by atoms with van der Waals surface area (Å²) in [6, 6.07) is 15.3. The summed E-state index contributed by atoms with van der Waals surface area (Å²) in [4.78, 5) is 11.8. The van der Waals surface area contributed by atoms with E-state index in [1.54, 1.807) is 18.2 Å². The quantitative estimate of drug-likeness (QED) is 0.637. The minimum absolute atomic E-state index is 0.0250. The summed E-state index contributed by atoms with van der Waals surface area (Å²) in [6.07, 6.45) is 2.96. The Kier molecular flexibility index (Phi) is 6.39. The third-order valence-electron chi connectivity index (χ3n) is 2.81.